The molecule has 2 amide bonds. The Labute approximate surface area is 282 Å². The molecule has 5 aromatic carbocycles. The van der Waals surface area contributed by atoms with Crippen molar-refractivity contribution < 1.29 is 28.5 Å². The number of para-hydroxylation sites is 4. The maximum absolute atomic E-state index is 13.1. The van der Waals surface area contributed by atoms with Crippen molar-refractivity contribution in [3.63, 3.8) is 0 Å². The van der Waals surface area contributed by atoms with E-state index < -0.39 is 0 Å². The van der Waals surface area contributed by atoms with Crippen LogP contribution in [0, 0.1) is 0 Å². The van der Waals surface area contributed by atoms with Crippen molar-refractivity contribution >= 4 is 23.2 Å². The topological polar surface area (TPSA) is 77.5 Å². The summed E-state index contributed by atoms with van der Waals surface area (Å²) in [5.41, 5.74) is 3.69. The van der Waals surface area contributed by atoms with Crippen LogP contribution in [-0.2, 0) is 32.2 Å². The Bertz CT molecular complexity index is 1540. The Hall–Kier alpha value is -5.44. The van der Waals surface area contributed by atoms with E-state index in [-0.39, 0.29) is 51.5 Å². The first-order valence-corrected chi connectivity index (χ1v) is 16.0. The molecule has 0 unspecified atom stereocenters. The van der Waals surface area contributed by atoms with Gasteiger partial charge in [0.1, 0.15) is 26.4 Å². The summed E-state index contributed by atoms with van der Waals surface area (Å²) in [6.45, 7) is 1.66. The molecule has 8 heteroatoms. The molecule has 5 aromatic rings. The molecule has 8 nitrogen and oxygen atoms in total. The van der Waals surface area contributed by atoms with Gasteiger partial charge in [-0.25, -0.2) is 0 Å². The van der Waals surface area contributed by atoms with Gasteiger partial charge in [-0.2, -0.15) is 0 Å². The molecule has 0 bridgehead atoms. The molecule has 0 aliphatic rings. The van der Waals surface area contributed by atoms with Gasteiger partial charge in [-0.3, -0.25) is 9.59 Å². The van der Waals surface area contributed by atoms with E-state index in [2.05, 4.69) is 0 Å². The van der Waals surface area contributed by atoms with Gasteiger partial charge in [0.05, 0.1) is 26.3 Å². The van der Waals surface area contributed by atoms with E-state index in [9.17, 15) is 9.59 Å². The van der Waals surface area contributed by atoms with Gasteiger partial charge in [0.25, 0.3) is 11.8 Å². The van der Waals surface area contributed by atoms with Crippen molar-refractivity contribution in [2.45, 2.75) is 13.1 Å². The van der Waals surface area contributed by atoms with Crippen molar-refractivity contribution in [2.75, 3.05) is 49.4 Å². The molecule has 0 aliphatic carbocycles. The molecule has 0 saturated heterocycles. The van der Waals surface area contributed by atoms with Gasteiger partial charge in [-0.1, -0.05) is 109 Å². The summed E-state index contributed by atoms with van der Waals surface area (Å²) < 4.78 is 23.2. The highest BCUT2D eigenvalue weighted by molar-refractivity contribution is 5.94. The number of ether oxygens (including phenoxy) is 4. The standard InChI is InChI=1S/C40H40N2O6/c43-39(41(35-19-9-3-10-20-35)29-33-15-5-1-6-16-33)31-45-25-27-47-37-23-13-14-24-38(37)48-28-26-46-32-40(44)42(36-21-11-4-12-22-36)30-34-17-7-2-8-18-34/h1-24H,25-32H2. The fraction of sp³-hybridized carbons (Fsp3) is 0.200. The Morgan fingerprint density at radius 2 is 0.750 bits per heavy atom. The number of nitrogens with zero attached hydrogens (tertiary/aromatic N) is 2. The lowest BCUT2D eigenvalue weighted by molar-refractivity contribution is -0.124. The van der Waals surface area contributed by atoms with Gasteiger partial charge in [0.15, 0.2) is 11.5 Å². The zero-order chi connectivity index (χ0) is 33.2. The SMILES string of the molecule is O=C(COCCOc1ccccc1OCCOCC(=O)N(Cc1ccccc1)c1ccccc1)N(Cc1ccccc1)c1ccccc1. The minimum absolute atomic E-state index is 0.0770. The van der Waals surface area contributed by atoms with Crippen LogP contribution < -0.4 is 19.3 Å². The monoisotopic (exact) mass is 644 g/mol. The second-order valence-corrected chi connectivity index (χ2v) is 10.9. The molecule has 0 N–H and O–H groups in total. The highest BCUT2D eigenvalue weighted by Crippen LogP contribution is 2.26. The lowest BCUT2D eigenvalue weighted by atomic mass is 10.2. The van der Waals surface area contributed by atoms with Crippen molar-refractivity contribution in [1.82, 2.24) is 0 Å². The molecule has 0 aliphatic heterocycles. The van der Waals surface area contributed by atoms with Crippen LogP contribution in [0.5, 0.6) is 11.5 Å². The van der Waals surface area contributed by atoms with Crippen molar-refractivity contribution in [3.05, 3.63) is 157 Å². The van der Waals surface area contributed by atoms with Crippen molar-refractivity contribution in [1.29, 1.82) is 0 Å². The summed E-state index contributed by atoms with van der Waals surface area (Å²) in [5.74, 6) is 0.826. The molecule has 5 rings (SSSR count). The van der Waals surface area contributed by atoms with Crippen LogP contribution in [0.2, 0.25) is 0 Å². The van der Waals surface area contributed by atoms with Crippen LogP contribution in [0.1, 0.15) is 11.1 Å². The molecular formula is C40H40N2O6. The highest BCUT2D eigenvalue weighted by Gasteiger charge is 2.18. The maximum atomic E-state index is 13.1. The normalized spacial score (nSPS) is 10.7. The molecule has 0 radical (unpaired) electrons. The van der Waals surface area contributed by atoms with Gasteiger partial charge >= 0.3 is 0 Å². The van der Waals surface area contributed by atoms with E-state index in [1.165, 1.54) is 0 Å². The van der Waals surface area contributed by atoms with Crippen LogP contribution in [0.25, 0.3) is 0 Å². The van der Waals surface area contributed by atoms with Crippen molar-refractivity contribution in [3.8, 4) is 11.5 Å². The maximum Gasteiger partial charge on any atom is 0.253 e. The van der Waals surface area contributed by atoms with E-state index in [4.69, 9.17) is 18.9 Å². The summed E-state index contributed by atoms with van der Waals surface area (Å²) in [6.07, 6.45) is 0. The number of rotatable bonds is 18. The third kappa shape index (κ3) is 10.6. The zero-order valence-electron chi connectivity index (χ0n) is 26.9. The van der Waals surface area contributed by atoms with E-state index >= 15 is 0 Å². The number of amides is 2. The molecule has 0 aromatic heterocycles. The summed E-state index contributed by atoms with van der Waals surface area (Å²) >= 11 is 0. The number of carbonyl (C=O) groups is 2. The number of hydrogen-bond donors (Lipinski definition) is 0. The van der Waals surface area contributed by atoms with Crippen LogP contribution in [-0.4, -0.2) is 51.5 Å². The Morgan fingerprint density at radius 3 is 1.12 bits per heavy atom. The lowest BCUT2D eigenvalue weighted by Crippen LogP contribution is -2.34. The highest BCUT2D eigenvalue weighted by atomic mass is 16.6. The Balaban J connectivity index is 1.04. The van der Waals surface area contributed by atoms with Crippen LogP contribution in [0.15, 0.2) is 146 Å². The molecule has 0 heterocycles. The van der Waals surface area contributed by atoms with Gasteiger partial charge < -0.3 is 28.7 Å². The van der Waals surface area contributed by atoms with Crippen molar-refractivity contribution in [2.24, 2.45) is 0 Å². The first-order chi connectivity index (χ1) is 23.7. The third-order valence-electron chi connectivity index (χ3n) is 7.38. The lowest BCUT2D eigenvalue weighted by Gasteiger charge is -2.23. The van der Waals surface area contributed by atoms with E-state index in [1.807, 2.05) is 146 Å². The van der Waals surface area contributed by atoms with Gasteiger partial charge in [-0.05, 0) is 47.5 Å². The summed E-state index contributed by atoms with van der Waals surface area (Å²) in [7, 11) is 0. The number of benzene rings is 5. The minimum atomic E-state index is -0.140. The summed E-state index contributed by atoms with van der Waals surface area (Å²) in [4.78, 5) is 29.7. The summed E-state index contributed by atoms with van der Waals surface area (Å²) in [6, 6.07) is 46.2. The third-order valence-corrected chi connectivity index (χ3v) is 7.38. The zero-order valence-corrected chi connectivity index (χ0v) is 26.9. The minimum Gasteiger partial charge on any atom is -0.487 e. The second kappa shape index (κ2) is 18.6. The Kier molecular flexibility index (Phi) is 13.2. The summed E-state index contributed by atoms with van der Waals surface area (Å²) in [5, 5.41) is 0. The number of hydrogen-bond acceptors (Lipinski definition) is 6. The first-order valence-electron chi connectivity index (χ1n) is 16.0. The second-order valence-electron chi connectivity index (χ2n) is 10.9. The van der Waals surface area contributed by atoms with Gasteiger partial charge in [0.2, 0.25) is 0 Å². The van der Waals surface area contributed by atoms with E-state index in [1.54, 1.807) is 9.80 Å². The fourth-order valence-corrected chi connectivity index (χ4v) is 4.98. The average molecular weight is 645 g/mol. The molecular weight excluding hydrogens is 604 g/mol. The van der Waals surface area contributed by atoms with E-state index in [0.29, 0.717) is 24.6 Å². The van der Waals surface area contributed by atoms with E-state index in [0.717, 1.165) is 22.5 Å². The largest absolute Gasteiger partial charge is 0.487 e. The molecule has 0 saturated carbocycles. The number of anilines is 2. The molecule has 48 heavy (non-hydrogen) atoms. The van der Waals surface area contributed by atoms with Gasteiger partial charge in [-0.15, -0.1) is 0 Å². The molecule has 246 valence electrons. The predicted molar refractivity (Wildman–Crippen MR) is 187 cm³/mol. The molecule has 0 atom stereocenters. The quantitative estimate of drug-likeness (QED) is 0.0962. The molecule has 0 fully saturated rings. The molecule has 0 spiro atoms. The number of carbonyl (C=O) groups excluding carboxylic acids is 2. The van der Waals surface area contributed by atoms with Crippen LogP contribution in [0.4, 0.5) is 11.4 Å². The first kappa shape index (κ1) is 33.9. The Morgan fingerprint density at radius 1 is 0.417 bits per heavy atom. The smallest absolute Gasteiger partial charge is 0.253 e. The predicted octanol–water partition coefficient (Wildman–Crippen LogP) is 6.94. The average Bonchev–Trinajstić information content (AvgIpc) is 3.14. The fourth-order valence-electron chi connectivity index (χ4n) is 4.98. The van der Waals surface area contributed by atoms with Crippen LogP contribution in [0.3, 0.4) is 0 Å². The van der Waals surface area contributed by atoms with Crippen LogP contribution >= 0.6 is 0 Å². The van der Waals surface area contributed by atoms with Gasteiger partial charge in [0, 0.05) is 11.4 Å².